The quantitative estimate of drug-likeness (QED) is 0.481. The molecular formula is C4H6BrFS. The maximum Gasteiger partial charge on any atom is 0.0835 e. The summed E-state index contributed by atoms with van der Waals surface area (Å²) < 4.78 is 12.0. The average molecular weight is 185 g/mol. The van der Waals surface area contributed by atoms with Crippen molar-refractivity contribution in [3.63, 3.8) is 0 Å². The minimum Gasteiger partial charge on any atom is -0.216 e. The standard InChI is InChI=1S/C4H6BrFS/c5-4-7-3-1-2-6/h1-2H,3-4H2. The zero-order valence-electron chi connectivity index (χ0n) is 3.73. The maximum atomic E-state index is 11.1. The molecule has 0 heterocycles. The number of halogens is 2. The molecule has 0 unspecified atom stereocenters. The van der Waals surface area contributed by atoms with E-state index in [4.69, 9.17) is 0 Å². The molecule has 7 heavy (non-hydrogen) atoms. The first-order chi connectivity index (χ1) is 3.41. The highest BCUT2D eigenvalue weighted by Gasteiger charge is 1.74. The minimum atomic E-state index is 0.565. The van der Waals surface area contributed by atoms with Gasteiger partial charge in [0.15, 0.2) is 0 Å². The molecule has 0 atom stereocenters. The van der Waals surface area contributed by atoms with E-state index >= 15 is 0 Å². The van der Waals surface area contributed by atoms with Gasteiger partial charge in [0, 0.05) is 10.4 Å². The zero-order valence-corrected chi connectivity index (χ0v) is 6.14. The number of hydrogen-bond donors (Lipinski definition) is 0. The van der Waals surface area contributed by atoms with Crippen molar-refractivity contribution in [3.05, 3.63) is 12.4 Å². The van der Waals surface area contributed by atoms with Crippen molar-refractivity contribution in [2.45, 2.75) is 0 Å². The van der Waals surface area contributed by atoms with Crippen LogP contribution in [0.5, 0.6) is 0 Å². The molecule has 0 radical (unpaired) electrons. The van der Waals surface area contributed by atoms with Crippen LogP contribution in [0.25, 0.3) is 0 Å². The van der Waals surface area contributed by atoms with Gasteiger partial charge in [-0.05, 0) is 6.08 Å². The predicted octanol–water partition coefficient (Wildman–Crippen LogP) is 2.56. The first-order valence-electron chi connectivity index (χ1n) is 1.80. The second kappa shape index (κ2) is 6.50. The second-order valence-corrected chi connectivity index (χ2v) is 3.17. The summed E-state index contributed by atoms with van der Waals surface area (Å²) in [7, 11) is 0. The lowest BCUT2D eigenvalue weighted by Gasteiger charge is -1.82. The second-order valence-electron chi connectivity index (χ2n) is 0.842. The zero-order chi connectivity index (χ0) is 5.54. The topological polar surface area (TPSA) is 0 Å². The number of thioether (sulfide) groups is 1. The van der Waals surface area contributed by atoms with E-state index < -0.39 is 0 Å². The molecule has 0 saturated carbocycles. The van der Waals surface area contributed by atoms with Gasteiger partial charge in [-0.3, -0.25) is 0 Å². The summed E-state index contributed by atoms with van der Waals surface area (Å²) in [6.07, 6.45) is 2.04. The Hall–Kier alpha value is 0.500. The van der Waals surface area contributed by atoms with Crippen molar-refractivity contribution in [1.29, 1.82) is 0 Å². The Morgan fingerprint density at radius 1 is 1.71 bits per heavy atom. The molecule has 3 heteroatoms. The van der Waals surface area contributed by atoms with Crippen LogP contribution < -0.4 is 0 Å². The van der Waals surface area contributed by atoms with Crippen LogP contribution in [0.2, 0.25) is 0 Å². The Morgan fingerprint density at radius 2 is 2.43 bits per heavy atom. The Labute approximate surface area is 55.3 Å². The van der Waals surface area contributed by atoms with E-state index in [-0.39, 0.29) is 0 Å². The molecule has 0 aliphatic rings. The smallest absolute Gasteiger partial charge is 0.0835 e. The van der Waals surface area contributed by atoms with Crippen LogP contribution in [-0.2, 0) is 0 Å². The Kier molecular flexibility index (Phi) is 6.96. The van der Waals surface area contributed by atoms with Crippen LogP contribution in [0.3, 0.4) is 0 Å². The van der Waals surface area contributed by atoms with Crippen LogP contribution in [0.4, 0.5) is 4.39 Å². The van der Waals surface area contributed by atoms with Crippen LogP contribution in [0.1, 0.15) is 0 Å². The summed E-state index contributed by atoms with van der Waals surface area (Å²) in [5.41, 5.74) is 0. The van der Waals surface area contributed by atoms with E-state index in [1.54, 1.807) is 11.8 Å². The summed E-state index contributed by atoms with van der Waals surface area (Å²) in [6.45, 7) is 0. The lowest BCUT2D eigenvalue weighted by molar-refractivity contribution is 0.719. The van der Waals surface area contributed by atoms with E-state index in [0.29, 0.717) is 6.33 Å². The molecule has 0 spiro atoms. The van der Waals surface area contributed by atoms with Crippen LogP contribution >= 0.6 is 27.7 Å². The summed E-state index contributed by atoms with van der Waals surface area (Å²) >= 11 is 4.81. The van der Waals surface area contributed by atoms with Crippen molar-refractivity contribution in [2.24, 2.45) is 0 Å². The maximum absolute atomic E-state index is 11.1. The van der Waals surface area contributed by atoms with Gasteiger partial charge < -0.3 is 0 Å². The van der Waals surface area contributed by atoms with E-state index in [9.17, 15) is 4.39 Å². The summed E-state index contributed by atoms with van der Waals surface area (Å²) in [6, 6.07) is 0. The molecule has 0 N–H and O–H groups in total. The van der Waals surface area contributed by atoms with Gasteiger partial charge >= 0.3 is 0 Å². The van der Waals surface area contributed by atoms with Crippen molar-refractivity contribution >= 4 is 27.7 Å². The molecule has 0 aromatic carbocycles. The van der Waals surface area contributed by atoms with E-state index in [0.717, 1.165) is 10.4 Å². The summed E-state index contributed by atoms with van der Waals surface area (Å²) in [4.78, 5) is 0. The molecule has 0 aliphatic heterocycles. The fraction of sp³-hybridized carbons (Fsp3) is 0.500. The minimum absolute atomic E-state index is 0.565. The lowest BCUT2D eigenvalue weighted by Crippen LogP contribution is -1.65. The monoisotopic (exact) mass is 184 g/mol. The molecule has 0 aromatic rings. The van der Waals surface area contributed by atoms with Crippen molar-refractivity contribution in [1.82, 2.24) is 0 Å². The SMILES string of the molecule is FC=CCSCBr. The third-order valence-corrected chi connectivity index (χ3v) is 1.93. The molecule has 42 valence electrons. The third kappa shape index (κ3) is 6.50. The van der Waals surface area contributed by atoms with Gasteiger partial charge in [-0.25, -0.2) is 4.39 Å². The Balaban J connectivity index is 2.69. The van der Waals surface area contributed by atoms with Gasteiger partial charge in [0.1, 0.15) is 0 Å². The Bertz CT molecular complexity index is 55.7. The molecule has 0 saturated heterocycles. The fourth-order valence-electron chi connectivity index (χ4n) is 0.149. The molecule has 0 bridgehead atoms. The summed E-state index contributed by atoms with van der Waals surface area (Å²) in [5.74, 6) is 0.752. The molecule has 0 nitrogen and oxygen atoms in total. The molecule has 0 aliphatic carbocycles. The average Bonchev–Trinajstić information content (AvgIpc) is 1.69. The van der Waals surface area contributed by atoms with Crippen LogP contribution in [-0.4, -0.2) is 10.4 Å². The molecular weight excluding hydrogens is 179 g/mol. The summed E-state index contributed by atoms with van der Waals surface area (Å²) in [5, 5.41) is 0. The first kappa shape index (κ1) is 7.50. The largest absolute Gasteiger partial charge is 0.216 e. The van der Waals surface area contributed by atoms with Gasteiger partial charge in [0.2, 0.25) is 0 Å². The van der Waals surface area contributed by atoms with Gasteiger partial charge in [-0.1, -0.05) is 15.9 Å². The van der Waals surface area contributed by atoms with Gasteiger partial charge in [-0.15, -0.1) is 11.8 Å². The molecule has 0 aromatic heterocycles. The van der Waals surface area contributed by atoms with Crippen LogP contribution in [0.15, 0.2) is 12.4 Å². The van der Waals surface area contributed by atoms with E-state index in [1.807, 2.05) is 0 Å². The van der Waals surface area contributed by atoms with E-state index in [2.05, 4.69) is 15.9 Å². The van der Waals surface area contributed by atoms with Crippen LogP contribution in [0, 0.1) is 0 Å². The molecule has 0 fully saturated rings. The number of hydrogen-bond acceptors (Lipinski definition) is 1. The van der Waals surface area contributed by atoms with Gasteiger partial charge in [0.25, 0.3) is 0 Å². The highest BCUT2D eigenvalue weighted by Crippen LogP contribution is 2.03. The van der Waals surface area contributed by atoms with Crippen molar-refractivity contribution in [2.75, 3.05) is 10.4 Å². The molecule has 0 rings (SSSR count). The van der Waals surface area contributed by atoms with Crippen molar-refractivity contribution in [3.8, 4) is 0 Å². The van der Waals surface area contributed by atoms with Gasteiger partial charge in [0.05, 0.1) is 6.33 Å². The highest BCUT2D eigenvalue weighted by atomic mass is 79.9. The number of rotatable bonds is 3. The van der Waals surface area contributed by atoms with E-state index in [1.165, 1.54) is 6.08 Å². The van der Waals surface area contributed by atoms with Gasteiger partial charge in [-0.2, -0.15) is 0 Å². The molecule has 0 amide bonds. The predicted molar refractivity (Wildman–Crippen MR) is 36.5 cm³/mol. The normalized spacial score (nSPS) is 10.6. The Morgan fingerprint density at radius 3 is 2.86 bits per heavy atom. The fourth-order valence-corrected chi connectivity index (χ4v) is 1.01. The lowest BCUT2D eigenvalue weighted by atomic mass is 10.7. The highest BCUT2D eigenvalue weighted by molar-refractivity contribution is 9.11. The first-order valence-corrected chi connectivity index (χ1v) is 4.08. The van der Waals surface area contributed by atoms with Crippen molar-refractivity contribution < 1.29 is 4.39 Å². The third-order valence-electron chi connectivity index (χ3n) is 0.380. The number of alkyl halides is 1.